The average Bonchev–Trinajstić information content (AvgIpc) is 2.41. The van der Waals surface area contributed by atoms with Crippen molar-refractivity contribution in [2.45, 2.75) is 19.9 Å². The van der Waals surface area contributed by atoms with E-state index in [1.165, 1.54) is 11.8 Å². The molecule has 1 atom stereocenters. The highest BCUT2D eigenvalue weighted by molar-refractivity contribution is 9.10. The SMILES string of the molecule is CC(=O)N1c2ccc(Br)cc2C(=O)[C@@H]1C. The van der Waals surface area contributed by atoms with Crippen LogP contribution in [0.3, 0.4) is 0 Å². The van der Waals surface area contributed by atoms with Crippen LogP contribution in [-0.2, 0) is 4.79 Å². The van der Waals surface area contributed by atoms with Crippen molar-refractivity contribution in [1.82, 2.24) is 0 Å². The van der Waals surface area contributed by atoms with Crippen LogP contribution in [-0.4, -0.2) is 17.7 Å². The molecule has 78 valence electrons. The number of hydrogen-bond acceptors (Lipinski definition) is 2. The molecule has 0 aliphatic carbocycles. The smallest absolute Gasteiger partial charge is 0.224 e. The van der Waals surface area contributed by atoms with E-state index in [0.29, 0.717) is 11.3 Å². The molecule has 1 aromatic carbocycles. The van der Waals surface area contributed by atoms with Gasteiger partial charge < -0.3 is 4.90 Å². The second-order valence-corrected chi connectivity index (χ2v) is 4.51. The number of ketones is 1. The second kappa shape index (κ2) is 3.45. The van der Waals surface area contributed by atoms with Gasteiger partial charge in [-0.2, -0.15) is 0 Å². The maximum atomic E-state index is 11.8. The molecule has 0 N–H and O–H groups in total. The number of anilines is 1. The van der Waals surface area contributed by atoms with Gasteiger partial charge in [-0.25, -0.2) is 0 Å². The molecule has 0 bridgehead atoms. The van der Waals surface area contributed by atoms with E-state index >= 15 is 0 Å². The van der Waals surface area contributed by atoms with E-state index in [1.807, 2.05) is 6.07 Å². The number of carbonyl (C=O) groups excluding carboxylic acids is 2. The van der Waals surface area contributed by atoms with E-state index in [0.717, 1.165) is 4.47 Å². The van der Waals surface area contributed by atoms with Crippen molar-refractivity contribution in [1.29, 1.82) is 0 Å². The highest BCUT2D eigenvalue weighted by Crippen LogP contribution is 2.33. The zero-order valence-corrected chi connectivity index (χ0v) is 10.0. The molecule has 0 fully saturated rings. The molecule has 0 saturated carbocycles. The van der Waals surface area contributed by atoms with Crippen LogP contribution in [0.2, 0.25) is 0 Å². The summed E-state index contributed by atoms with van der Waals surface area (Å²) in [6.07, 6.45) is 0. The normalized spacial score (nSPS) is 19.3. The van der Waals surface area contributed by atoms with Crippen LogP contribution in [0.15, 0.2) is 22.7 Å². The van der Waals surface area contributed by atoms with Gasteiger partial charge in [-0.05, 0) is 25.1 Å². The molecule has 1 heterocycles. The van der Waals surface area contributed by atoms with Crippen molar-refractivity contribution in [2.24, 2.45) is 0 Å². The Balaban J connectivity index is 2.60. The van der Waals surface area contributed by atoms with Gasteiger partial charge in [0.2, 0.25) is 5.91 Å². The Morgan fingerprint density at radius 3 is 2.73 bits per heavy atom. The van der Waals surface area contributed by atoms with Crippen molar-refractivity contribution >= 4 is 33.3 Å². The predicted octanol–water partition coefficient (Wildman–Crippen LogP) is 2.39. The number of nitrogens with zero attached hydrogens (tertiary/aromatic N) is 1. The summed E-state index contributed by atoms with van der Waals surface area (Å²) in [5, 5.41) is 0. The lowest BCUT2D eigenvalue weighted by Crippen LogP contribution is -2.36. The van der Waals surface area contributed by atoms with E-state index in [2.05, 4.69) is 15.9 Å². The molecule has 0 aromatic heterocycles. The lowest BCUT2D eigenvalue weighted by molar-refractivity contribution is -0.116. The van der Waals surface area contributed by atoms with E-state index in [4.69, 9.17) is 0 Å². The van der Waals surface area contributed by atoms with Crippen molar-refractivity contribution in [2.75, 3.05) is 4.90 Å². The first-order valence-corrected chi connectivity index (χ1v) is 5.45. The summed E-state index contributed by atoms with van der Waals surface area (Å²) in [4.78, 5) is 24.8. The Labute approximate surface area is 96.2 Å². The van der Waals surface area contributed by atoms with Crippen LogP contribution in [0.1, 0.15) is 24.2 Å². The summed E-state index contributed by atoms with van der Waals surface area (Å²) in [5.41, 5.74) is 1.33. The minimum Gasteiger partial charge on any atom is -0.301 e. The van der Waals surface area contributed by atoms with Crippen LogP contribution in [0.4, 0.5) is 5.69 Å². The summed E-state index contributed by atoms with van der Waals surface area (Å²) in [6.45, 7) is 3.22. The Hall–Kier alpha value is -1.16. The Morgan fingerprint density at radius 2 is 2.13 bits per heavy atom. The fraction of sp³-hybridized carbons (Fsp3) is 0.273. The standard InChI is InChI=1S/C11H10BrNO2/c1-6-11(15)9-5-8(12)3-4-10(9)13(6)7(2)14/h3-6H,1-2H3/t6-/m0/s1. The van der Waals surface area contributed by atoms with E-state index < -0.39 is 0 Å². The minimum atomic E-state index is -0.383. The molecule has 1 aliphatic heterocycles. The van der Waals surface area contributed by atoms with Gasteiger partial charge in [-0.15, -0.1) is 0 Å². The summed E-state index contributed by atoms with van der Waals surface area (Å²) in [6, 6.07) is 5.01. The lowest BCUT2D eigenvalue weighted by Gasteiger charge is -2.19. The van der Waals surface area contributed by atoms with Gasteiger partial charge in [-0.1, -0.05) is 15.9 Å². The van der Waals surface area contributed by atoms with Crippen LogP contribution in [0.25, 0.3) is 0 Å². The van der Waals surface area contributed by atoms with Gasteiger partial charge in [0, 0.05) is 17.0 Å². The number of carbonyl (C=O) groups is 2. The Bertz CT molecular complexity index is 456. The molecule has 2 rings (SSSR count). The molecule has 4 heteroatoms. The third kappa shape index (κ3) is 1.49. The number of hydrogen-bond donors (Lipinski definition) is 0. The molecule has 0 unspecified atom stereocenters. The highest BCUT2D eigenvalue weighted by atomic mass is 79.9. The van der Waals surface area contributed by atoms with Crippen LogP contribution in [0.5, 0.6) is 0 Å². The molecule has 0 saturated heterocycles. The molecule has 15 heavy (non-hydrogen) atoms. The number of fused-ring (bicyclic) bond motifs is 1. The molecule has 1 amide bonds. The molecule has 0 radical (unpaired) electrons. The molecular weight excluding hydrogens is 258 g/mol. The van der Waals surface area contributed by atoms with Crippen molar-refractivity contribution in [3.8, 4) is 0 Å². The molecular formula is C11H10BrNO2. The number of Topliss-reactive ketones (excluding diaryl/α,β-unsaturated/α-hetero) is 1. The monoisotopic (exact) mass is 267 g/mol. The van der Waals surface area contributed by atoms with Crippen LogP contribution >= 0.6 is 15.9 Å². The molecule has 0 spiro atoms. The maximum Gasteiger partial charge on any atom is 0.224 e. The summed E-state index contributed by atoms with van der Waals surface area (Å²) in [5.74, 6) is -0.0987. The van der Waals surface area contributed by atoms with Crippen molar-refractivity contribution in [3.05, 3.63) is 28.2 Å². The van der Waals surface area contributed by atoms with E-state index in [1.54, 1.807) is 19.1 Å². The topological polar surface area (TPSA) is 37.4 Å². The highest BCUT2D eigenvalue weighted by Gasteiger charge is 2.36. The summed E-state index contributed by atoms with van der Waals surface area (Å²) >= 11 is 3.31. The minimum absolute atomic E-state index is 0.00139. The zero-order chi connectivity index (χ0) is 11.2. The maximum absolute atomic E-state index is 11.8. The first-order chi connectivity index (χ1) is 7.02. The zero-order valence-electron chi connectivity index (χ0n) is 8.45. The van der Waals surface area contributed by atoms with Gasteiger partial charge in [0.05, 0.1) is 11.7 Å². The van der Waals surface area contributed by atoms with Gasteiger partial charge >= 0.3 is 0 Å². The third-order valence-corrected chi connectivity index (χ3v) is 3.08. The largest absolute Gasteiger partial charge is 0.301 e. The van der Waals surface area contributed by atoms with Crippen molar-refractivity contribution < 1.29 is 9.59 Å². The molecule has 1 aliphatic rings. The van der Waals surface area contributed by atoms with E-state index in [9.17, 15) is 9.59 Å². The number of halogens is 1. The molecule has 3 nitrogen and oxygen atoms in total. The number of amides is 1. The Kier molecular flexibility index (Phi) is 2.38. The third-order valence-electron chi connectivity index (χ3n) is 2.59. The molecule has 1 aromatic rings. The Morgan fingerprint density at radius 1 is 1.47 bits per heavy atom. The van der Waals surface area contributed by atoms with Gasteiger partial charge in [0.15, 0.2) is 5.78 Å². The first-order valence-electron chi connectivity index (χ1n) is 4.66. The van der Waals surface area contributed by atoms with Gasteiger partial charge in [0.25, 0.3) is 0 Å². The predicted molar refractivity (Wildman–Crippen MR) is 61.1 cm³/mol. The van der Waals surface area contributed by atoms with Gasteiger partial charge in [0.1, 0.15) is 0 Å². The fourth-order valence-corrected chi connectivity index (χ4v) is 2.27. The van der Waals surface area contributed by atoms with Crippen LogP contribution < -0.4 is 4.90 Å². The number of rotatable bonds is 0. The van der Waals surface area contributed by atoms with Gasteiger partial charge in [-0.3, -0.25) is 9.59 Å². The van der Waals surface area contributed by atoms with Crippen LogP contribution in [0, 0.1) is 0 Å². The van der Waals surface area contributed by atoms with Crippen molar-refractivity contribution in [3.63, 3.8) is 0 Å². The van der Waals surface area contributed by atoms with E-state index in [-0.39, 0.29) is 17.7 Å². The average molecular weight is 268 g/mol. The second-order valence-electron chi connectivity index (χ2n) is 3.59. The summed E-state index contributed by atoms with van der Waals surface area (Å²) in [7, 11) is 0. The summed E-state index contributed by atoms with van der Waals surface area (Å²) < 4.78 is 0.854. The number of benzene rings is 1. The fourth-order valence-electron chi connectivity index (χ4n) is 1.91. The quantitative estimate of drug-likeness (QED) is 0.724. The lowest BCUT2D eigenvalue weighted by atomic mass is 10.1. The first kappa shape index (κ1) is 10.4.